The van der Waals surface area contributed by atoms with Crippen LogP contribution in [0.2, 0.25) is 0 Å². The minimum Gasteiger partial charge on any atom is -0.375 e. The molecule has 0 spiro atoms. The van der Waals surface area contributed by atoms with Gasteiger partial charge in [-0.3, -0.25) is 4.79 Å². The fraction of sp³-hybridized carbons (Fsp3) is 0.375. The van der Waals surface area contributed by atoms with Crippen LogP contribution in [0.15, 0.2) is 30.5 Å². The molecule has 2 heterocycles. The number of aromatic nitrogens is 1. The summed E-state index contributed by atoms with van der Waals surface area (Å²) in [6, 6.07) is 8.40. The van der Waals surface area contributed by atoms with Crippen molar-refractivity contribution in [3.63, 3.8) is 0 Å². The van der Waals surface area contributed by atoms with Gasteiger partial charge in [0, 0.05) is 42.3 Å². The highest BCUT2D eigenvalue weighted by atomic mass is 32.1. The summed E-state index contributed by atoms with van der Waals surface area (Å²) in [6.07, 6.45) is 3.41. The van der Waals surface area contributed by atoms with Gasteiger partial charge in [0.2, 0.25) is 5.91 Å². The second kappa shape index (κ2) is 6.46. The van der Waals surface area contributed by atoms with E-state index >= 15 is 0 Å². The van der Waals surface area contributed by atoms with Gasteiger partial charge in [-0.05, 0) is 31.0 Å². The van der Waals surface area contributed by atoms with Gasteiger partial charge >= 0.3 is 0 Å². The number of nitrogens with zero attached hydrogens (tertiary/aromatic N) is 2. The first-order valence-electron chi connectivity index (χ1n) is 7.47. The molecule has 2 aromatic rings. The maximum absolute atomic E-state index is 11.9. The number of nitrogen functional groups attached to an aromatic ring is 1. The van der Waals surface area contributed by atoms with Gasteiger partial charge in [0.05, 0.1) is 0 Å². The second-order valence-corrected chi connectivity index (χ2v) is 6.66. The highest BCUT2D eigenvalue weighted by molar-refractivity contribution is 7.15. The Morgan fingerprint density at radius 3 is 3.05 bits per heavy atom. The van der Waals surface area contributed by atoms with Crippen molar-refractivity contribution < 1.29 is 4.79 Å². The summed E-state index contributed by atoms with van der Waals surface area (Å²) in [4.78, 5) is 18.9. The Morgan fingerprint density at radius 1 is 1.50 bits per heavy atom. The van der Waals surface area contributed by atoms with Crippen molar-refractivity contribution in [2.45, 2.75) is 32.4 Å². The van der Waals surface area contributed by atoms with Crippen molar-refractivity contribution in [1.82, 2.24) is 10.3 Å². The molecule has 22 heavy (non-hydrogen) atoms. The summed E-state index contributed by atoms with van der Waals surface area (Å²) >= 11 is 1.50. The van der Waals surface area contributed by atoms with E-state index in [4.69, 9.17) is 5.73 Å². The Bertz CT molecular complexity index is 670. The molecular formula is C16H20N4OS. The van der Waals surface area contributed by atoms with Crippen LogP contribution in [0.25, 0.3) is 0 Å². The molecule has 5 nitrogen and oxygen atoms in total. The number of anilines is 2. The number of carbonyl (C=O) groups excluding carboxylic acids is 1. The maximum Gasteiger partial charge on any atom is 0.227 e. The van der Waals surface area contributed by atoms with Crippen LogP contribution in [0.3, 0.4) is 0 Å². The van der Waals surface area contributed by atoms with Crippen molar-refractivity contribution in [2.75, 3.05) is 17.2 Å². The minimum absolute atomic E-state index is 0.195. The third-order valence-corrected chi connectivity index (χ3v) is 4.74. The number of thiazole rings is 1. The molecule has 1 aromatic carbocycles. The molecule has 1 saturated heterocycles. The van der Waals surface area contributed by atoms with Crippen LogP contribution in [0.5, 0.6) is 0 Å². The largest absolute Gasteiger partial charge is 0.375 e. The Labute approximate surface area is 134 Å². The molecule has 1 fully saturated rings. The van der Waals surface area contributed by atoms with Crippen molar-refractivity contribution in [1.29, 1.82) is 0 Å². The first kappa shape index (κ1) is 15.0. The van der Waals surface area contributed by atoms with Crippen LogP contribution in [0.1, 0.15) is 36.2 Å². The lowest BCUT2D eigenvalue weighted by molar-refractivity contribution is -0.117. The van der Waals surface area contributed by atoms with E-state index in [0.717, 1.165) is 30.1 Å². The van der Waals surface area contributed by atoms with Crippen molar-refractivity contribution in [3.8, 4) is 0 Å². The Hall–Kier alpha value is -1.92. The standard InChI is InChI=1S/C16H20N4OS/c1-11(18-9-14-10-19-16(17)22-14)12-4-2-5-13(8-12)20-7-3-6-15(20)21/h2,4-5,8,10-11,18H,3,6-7,9H2,1H3,(H2,17,19). The lowest BCUT2D eigenvalue weighted by Gasteiger charge is -2.19. The molecule has 1 unspecified atom stereocenters. The number of nitrogens with one attached hydrogen (secondary N) is 1. The first-order valence-corrected chi connectivity index (χ1v) is 8.29. The van der Waals surface area contributed by atoms with Crippen molar-refractivity contribution >= 4 is 28.1 Å². The molecule has 1 amide bonds. The molecule has 116 valence electrons. The van der Waals surface area contributed by atoms with E-state index < -0.39 is 0 Å². The highest BCUT2D eigenvalue weighted by Gasteiger charge is 2.22. The third kappa shape index (κ3) is 3.28. The summed E-state index contributed by atoms with van der Waals surface area (Å²) in [5, 5.41) is 4.07. The Morgan fingerprint density at radius 2 is 2.36 bits per heavy atom. The number of nitrogens with two attached hydrogens (primary N) is 1. The van der Waals surface area contributed by atoms with Crippen LogP contribution in [0, 0.1) is 0 Å². The van der Waals surface area contributed by atoms with Gasteiger partial charge < -0.3 is 16.0 Å². The molecule has 3 N–H and O–H groups in total. The normalized spacial score (nSPS) is 16.2. The first-order chi connectivity index (χ1) is 10.6. The SMILES string of the molecule is CC(NCc1cnc(N)s1)c1cccc(N2CCCC2=O)c1. The number of benzene rings is 1. The van der Waals surface area contributed by atoms with Gasteiger partial charge in [0.15, 0.2) is 5.13 Å². The molecule has 6 heteroatoms. The smallest absolute Gasteiger partial charge is 0.227 e. The minimum atomic E-state index is 0.195. The molecule has 0 aliphatic carbocycles. The van der Waals surface area contributed by atoms with E-state index in [-0.39, 0.29) is 11.9 Å². The van der Waals surface area contributed by atoms with E-state index in [9.17, 15) is 4.79 Å². The van der Waals surface area contributed by atoms with E-state index in [2.05, 4.69) is 29.4 Å². The zero-order valence-corrected chi connectivity index (χ0v) is 13.4. The molecule has 1 atom stereocenters. The van der Waals surface area contributed by atoms with Gasteiger partial charge in [-0.1, -0.05) is 12.1 Å². The molecular weight excluding hydrogens is 296 g/mol. The molecule has 0 radical (unpaired) electrons. The molecule has 3 rings (SSSR count). The fourth-order valence-electron chi connectivity index (χ4n) is 2.66. The van der Waals surface area contributed by atoms with Crippen LogP contribution >= 0.6 is 11.3 Å². The van der Waals surface area contributed by atoms with E-state index in [1.807, 2.05) is 17.0 Å². The average Bonchev–Trinajstić information content (AvgIpc) is 3.13. The summed E-state index contributed by atoms with van der Waals surface area (Å²) in [6.45, 7) is 3.68. The average molecular weight is 316 g/mol. The zero-order valence-electron chi connectivity index (χ0n) is 12.6. The summed E-state index contributed by atoms with van der Waals surface area (Å²) in [5.74, 6) is 0.220. The van der Waals surface area contributed by atoms with E-state index in [1.54, 1.807) is 6.20 Å². The zero-order chi connectivity index (χ0) is 15.5. The van der Waals surface area contributed by atoms with Crippen LogP contribution < -0.4 is 16.0 Å². The summed E-state index contributed by atoms with van der Waals surface area (Å²) < 4.78 is 0. The highest BCUT2D eigenvalue weighted by Crippen LogP contribution is 2.25. The molecule has 1 aromatic heterocycles. The molecule has 0 saturated carbocycles. The summed E-state index contributed by atoms with van der Waals surface area (Å²) in [7, 11) is 0. The molecule has 1 aliphatic heterocycles. The van der Waals surface area contributed by atoms with E-state index in [0.29, 0.717) is 11.6 Å². The lowest BCUT2D eigenvalue weighted by atomic mass is 10.1. The van der Waals surface area contributed by atoms with Crippen molar-refractivity contribution in [3.05, 3.63) is 40.9 Å². The third-order valence-electron chi connectivity index (χ3n) is 3.91. The van der Waals surface area contributed by atoms with Crippen LogP contribution in [-0.4, -0.2) is 17.4 Å². The predicted molar refractivity (Wildman–Crippen MR) is 89.8 cm³/mol. The van der Waals surface area contributed by atoms with Gasteiger partial charge in [-0.2, -0.15) is 0 Å². The number of hydrogen-bond acceptors (Lipinski definition) is 5. The van der Waals surface area contributed by atoms with Gasteiger partial charge in [0.25, 0.3) is 0 Å². The number of hydrogen-bond donors (Lipinski definition) is 2. The predicted octanol–water partition coefficient (Wildman–Crippen LogP) is 2.70. The fourth-order valence-corrected chi connectivity index (χ4v) is 3.29. The second-order valence-electron chi connectivity index (χ2n) is 5.51. The van der Waals surface area contributed by atoms with E-state index in [1.165, 1.54) is 16.9 Å². The van der Waals surface area contributed by atoms with Gasteiger partial charge in [-0.15, -0.1) is 11.3 Å². The topological polar surface area (TPSA) is 71.2 Å². The monoisotopic (exact) mass is 316 g/mol. The maximum atomic E-state index is 11.9. The number of carbonyl (C=O) groups is 1. The molecule has 1 aliphatic rings. The Kier molecular flexibility index (Phi) is 4.40. The quantitative estimate of drug-likeness (QED) is 0.889. The number of amides is 1. The van der Waals surface area contributed by atoms with Crippen LogP contribution in [-0.2, 0) is 11.3 Å². The molecule has 0 bridgehead atoms. The number of rotatable bonds is 5. The lowest BCUT2D eigenvalue weighted by Crippen LogP contribution is -2.24. The Balaban J connectivity index is 1.67. The van der Waals surface area contributed by atoms with Gasteiger partial charge in [-0.25, -0.2) is 4.98 Å². The summed E-state index contributed by atoms with van der Waals surface area (Å²) in [5.41, 5.74) is 7.81. The van der Waals surface area contributed by atoms with Crippen LogP contribution in [0.4, 0.5) is 10.8 Å². The van der Waals surface area contributed by atoms with Crippen molar-refractivity contribution in [2.24, 2.45) is 0 Å². The van der Waals surface area contributed by atoms with Gasteiger partial charge in [0.1, 0.15) is 0 Å².